The van der Waals surface area contributed by atoms with Crippen molar-refractivity contribution in [3.8, 4) is 0 Å². The third-order valence-electron chi connectivity index (χ3n) is 5.25. The molecular weight excluding hydrogens is 383 g/mol. The fourth-order valence-electron chi connectivity index (χ4n) is 3.86. The number of rotatable bonds is 9. The summed E-state index contributed by atoms with van der Waals surface area (Å²) < 4.78 is 40.1. The summed E-state index contributed by atoms with van der Waals surface area (Å²) in [6, 6.07) is 1.97. The van der Waals surface area contributed by atoms with Crippen LogP contribution in [0.5, 0.6) is 0 Å². The lowest BCUT2D eigenvalue weighted by Crippen LogP contribution is -2.47. The molecule has 0 aliphatic heterocycles. The highest BCUT2D eigenvalue weighted by Gasteiger charge is 2.26. The first-order valence-corrected chi connectivity index (χ1v) is 10.3. The predicted molar refractivity (Wildman–Crippen MR) is 106 cm³/mol. The lowest BCUT2D eigenvalue weighted by molar-refractivity contribution is -0.135. The molecule has 8 heteroatoms. The smallest absolute Gasteiger partial charge is 0.238 e. The number of likely N-dealkylation sites (N-methyl/N-ethyl adjacent to an activating group) is 1. The Bertz CT molecular complexity index is 709. The van der Waals surface area contributed by atoms with E-state index in [9.17, 15) is 22.8 Å². The van der Waals surface area contributed by atoms with Crippen LogP contribution < -0.4 is 5.32 Å². The Morgan fingerprint density at radius 1 is 1.03 bits per heavy atom. The number of anilines is 1. The average molecular weight is 413 g/mol. The molecule has 1 aromatic rings. The molecule has 162 valence electrons. The van der Waals surface area contributed by atoms with Crippen LogP contribution in [0.4, 0.5) is 18.9 Å². The van der Waals surface area contributed by atoms with Crippen LogP contribution in [0.25, 0.3) is 0 Å². The molecule has 1 aromatic carbocycles. The number of halogens is 3. The lowest BCUT2D eigenvalue weighted by Gasteiger charge is -2.35. The molecule has 0 atom stereocenters. The van der Waals surface area contributed by atoms with Gasteiger partial charge < -0.3 is 10.2 Å². The zero-order valence-corrected chi connectivity index (χ0v) is 17.1. The van der Waals surface area contributed by atoms with Gasteiger partial charge >= 0.3 is 0 Å². The van der Waals surface area contributed by atoms with Crippen LogP contribution in [0.3, 0.4) is 0 Å². The van der Waals surface area contributed by atoms with E-state index in [0.717, 1.165) is 44.2 Å². The number of carbonyl (C=O) groups excluding carboxylic acids is 2. The third-order valence-corrected chi connectivity index (χ3v) is 5.25. The monoisotopic (exact) mass is 413 g/mol. The normalized spacial score (nSPS) is 14.8. The van der Waals surface area contributed by atoms with Crippen molar-refractivity contribution >= 4 is 17.5 Å². The van der Waals surface area contributed by atoms with Crippen molar-refractivity contribution in [2.45, 2.75) is 58.4 Å². The minimum atomic E-state index is -1.63. The van der Waals surface area contributed by atoms with Gasteiger partial charge in [-0.1, -0.05) is 26.2 Å². The summed E-state index contributed by atoms with van der Waals surface area (Å²) in [6.07, 6.45) is 6.18. The van der Waals surface area contributed by atoms with Gasteiger partial charge in [0.15, 0.2) is 17.5 Å². The van der Waals surface area contributed by atoms with Crippen LogP contribution in [-0.2, 0) is 9.59 Å². The van der Waals surface area contributed by atoms with Crippen molar-refractivity contribution in [1.82, 2.24) is 9.80 Å². The number of amides is 2. The predicted octanol–water partition coefficient (Wildman–Crippen LogP) is 3.94. The second-order valence-electron chi connectivity index (χ2n) is 7.45. The van der Waals surface area contributed by atoms with Gasteiger partial charge in [-0.2, -0.15) is 0 Å². The molecule has 0 bridgehead atoms. The van der Waals surface area contributed by atoms with E-state index in [1.807, 2.05) is 18.7 Å². The van der Waals surface area contributed by atoms with E-state index >= 15 is 0 Å². The van der Waals surface area contributed by atoms with Gasteiger partial charge in [-0.3, -0.25) is 14.5 Å². The molecule has 29 heavy (non-hydrogen) atoms. The molecule has 2 amide bonds. The molecule has 0 saturated heterocycles. The summed E-state index contributed by atoms with van der Waals surface area (Å²) in [5.74, 6) is -5.00. The maximum absolute atomic E-state index is 13.8. The molecule has 0 aromatic heterocycles. The highest BCUT2D eigenvalue weighted by atomic mass is 19.2. The van der Waals surface area contributed by atoms with Gasteiger partial charge in [0.2, 0.25) is 11.8 Å². The summed E-state index contributed by atoms with van der Waals surface area (Å²) in [5, 5.41) is 2.26. The Hall–Kier alpha value is -2.09. The van der Waals surface area contributed by atoms with E-state index in [4.69, 9.17) is 0 Å². The van der Waals surface area contributed by atoms with Crippen LogP contribution in [0.2, 0.25) is 0 Å². The van der Waals surface area contributed by atoms with E-state index < -0.39 is 29.0 Å². The Kier molecular flexibility index (Phi) is 8.95. The lowest BCUT2D eigenvalue weighted by atomic mass is 9.94. The summed E-state index contributed by atoms with van der Waals surface area (Å²) in [4.78, 5) is 28.7. The molecule has 1 aliphatic carbocycles. The quantitative estimate of drug-likeness (QED) is 0.624. The fraction of sp³-hybridized carbons (Fsp3) is 0.619. The molecule has 1 fully saturated rings. The van der Waals surface area contributed by atoms with Crippen LogP contribution in [0.1, 0.15) is 52.4 Å². The maximum atomic E-state index is 13.8. The molecular formula is C21H30F3N3O2. The largest absolute Gasteiger partial charge is 0.339 e. The molecule has 5 nitrogen and oxygen atoms in total. The van der Waals surface area contributed by atoms with Gasteiger partial charge in [-0.15, -0.1) is 0 Å². The topological polar surface area (TPSA) is 52.7 Å². The Labute approximate surface area is 170 Å². The molecule has 1 N–H and O–H groups in total. The molecule has 0 spiro atoms. The molecule has 1 saturated carbocycles. The molecule has 0 unspecified atom stereocenters. The van der Waals surface area contributed by atoms with Crippen LogP contribution >= 0.6 is 0 Å². The fourth-order valence-corrected chi connectivity index (χ4v) is 3.86. The van der Waals surface area contributed by atoms with Crippen molar-refractivity contribution in [1.29, 1.82) is 0 Å². The minimum absolute atomic E-state index is 0.0281. The summed E-state index contributed by atoms with van der Waals surface area (Å²) >= 11 is 0. The van der Waals surface area contributed by atoms with Crippen molar-refractivity contribution in [2.75, 3.05) is 31.5 Å². The number of hydrogen-bond donors (Lipinski definition) is 1. The Balaban J connectivity index is 1.98. The van der Waals surface area contributed by atoms with Crippen molar-refractivity contribution < 1.29 is 22.8 Å². The first kappa shape index (κ1) is 23.2. The van der Waals surface area contributed by atoms with Crippen LogP contribution in [0, 0.1) is 17.5 Å². The van der Waals surface area contributed by atoms with Gasteiger partial charge in [0, 0.05) is 12.6 Å². The van der Waals surface area contributed by atoms with Gasteiger partial charge in [-0.25, -0.2) is 13.2 Å². The number of hydrogen-bond acceptors (Lipinski definition) is 3. The standard InChI is InChI=1S/C21H30F3N3O2/c1-3-12-26(14-19(29)27(4-2)15-8-6-5-7-9-15)13-18(28)25-17-11-10-16(22)20(23)21(17)24/h10-11,15H,3-9,12-14H2,1-2H3,(H,25,28). The first-order chi connectivity index (χ1) is 13.9. The minimum Gasteiger partial charge on any atom is -0.339 e. The Morgan fingerprint density at radius 2 is 1.72 bits per heavy atom. The molecule has 1 aliphatic rings. The molecule has 0 radical (unpaired) electrons. The van der Waals surface area contributed by atoms with Crippen LogP contribution in [-0.4, -0.2) is 53.8 Å². The SMILES string of the molecule is CCCN(CC(=O)Nc1ccc(F)c(F)c1F)CC(=O)N(CC)C1CCCCC1. The van der Waals surface area contributed by atoms with E-state index in [2.05, 4.69) is 5.32 Å². The highest BCUT2D eigenvalue weighted by molar-refractivity contribution is 5.92. The van der Waals surface area contributed by atoms with Crippen molar-refractivity contribution in [2.24, 2.45) is 0 Å². The van der Waals surface area contributed by atoms with E-state index in [0.29, 0.717) is 13.1 Å². The summed E-state index contributed by atoms with van der Waals surface area (Å²) in [6.45, 7) is 4.97. The summed E-state index contributed by atoms with van der Waals surface area (Å²) in [5.41, 5.74) is -0.422. The third kappa shape index (κ3) is 6.45. The number of nitrogens with one attached hydrogen (secondary N) is 1. The molecule has 2 rings (SSSR count). The number of carbonyl (C=O) groups is 2. The Morgan fingerprint density at radius 3 is 2.34 bits per heavy atom. The maximum Gasteiger partial charge on any atom is 0.238 e. The zero-order chi connectivity index (χ0) is 21.4. The second-order valence-corrected chi connectivity index (χ2v) is 7.45. The van der Waals surface area contributed by atoms with Gasteiger partial charge in [-0.05, 0) is 44.9 Å². The van der Waals surface area contributed by atoms with Crippen LogP contribution in [0.15, 0.2) is 12.1 Å². The number of benzene rings is 1. The second kappa shape index (κ2) is 11.2. The van der Waals surface area contributed by atoms with E-state index in [1.165, 1.54) is 6.42 Å². The van der Waals surface area contributed by atoms with E-state index in [-0.39, 0.29) is 25.0 Å². The van der Waals surface area contributed by atoms with Crippen molar-refractivity contribution in [3.05, 3.63) is 29.6 Å². The van der Waals surface area contributed by atoms with E-state index in [1.54, 1.807) is 4.90 Å². The molecule has 0 heterocycles. The first-order valence-electron chi connectivity index (χ1n) is 10.3. The van der Waals surface area contributed by atoms with Crippen molar-refractivity contribution in [3.63, 3.8) is 0 Å². The number of nitrogens with zero attached hydrogens (tertiary/aromatic N) is 2. The van der Waals surface area contributed by atoms with Gasteiger partial charge in [0.25, 0.3) is 0 Å². The van der Waals surface area contributed by atoms with Gasteiger partial charge in [0.1, 0.15) is 0 Å². The average Bonchev–Trinajstić information content (AvgIpc) is 2.70. The highest BCUT2D eigenvalue weighted by Crippen LogP contribution is 2.23. The zero-order valence-electron chi connectivity index (χ0n) is 17.1. The summed E-state index contributed by atoms with van der Waals surface area (Å²) in [7, 11) is 0. The van der Waals surface area contributed by atoms with Gasteiger partial charge in [0.05, 0.1) is 18.8 Å².